The van der Waals surface area contributed by atoms with Gasteiger partial charge in [-0.2, -0.15) is 4.73 Å². The molecule has 2 aromatic heterocycles. The van der Waals surface area contributed by atoms with E-state index in [4.69, 9.17) is 0 Å². The highest BCUT2D eigenvalue weighted by Crippen LogP contribution is 1.93. The summed E-state index contributed by atoms with van der Waals surface area (Å²) in [6, 6.07) is 10.8. The van der Waals surface area contributed by atoms with Crippen molar-refractivity contribution in [1.29, 1.82) is 0 Å². The minimum Gasteiger partial charge on any atom is -0.618 e. The zero-order chi connectivity index (χ0) is 10.2. The Morgan fingerprint density at radius 1 is 1.07 bits per heavy atom. The second-order valence-electron chi connectivity index (χ2n) is 2.41. The summed E-state index contributed by atoms with van der Waals surface area (Å²) in [6.45, 7) is 0. The lowest BCUT2D eigenvalue weighted by atomic mass is 10.5. The van der Waals surface area contributed by atoms with Gasteiger partial charge < -0.3 is 5.21 Å². The minimum atomic E-state index is 0.424. The molecule has 3 nitrogen and oxygen atoms in total. The van der Waals surface area contributed by atoms with Gasteiger partial charge in [-0.3, -0.25) is 4.98 Å². The summed E-state index contributed by atoms with van der Waals surface area (Å²) >= 11 is 3.85. The van der Waals surface area contributed by atoms with Crippen molar-refractivity contribution in [2.75, 3.05) is 0 Å². The molecule has 14 heavy (non-hydrogen) atoms. The first kappa shape index (κ1) is 10.5. The molecule has 0 fully saturated rings. The Morgan fingerprint density at radius 3 is 2.07 bits per heavy atom. The van der Waals surface area contributed by atoms with Crippen molar-refractivity contribution < 1.29 is 4.73 Å². The molecular formula is C10H10N2OS. The van der Waals surface area contributed by atoms with Crippen LogP contribution in [-0.2, 0) is 0 Å². The average molecular weight is 206 g/mol. The monoisotopic (exact) mass is 206 g/mol. The Labute approximate surface area is 88.0 Å². The molecule has 0 radical (unpaired) electrons. The molecule has 0 aliphatic rings. The van der Waals surface area contributed by atoms with Crippen LogP contribution in [0.15, 0.2) is 60.0 Å². The average Bonchev–Trinajstić information content (AvgIpc) is 2.26. The molecule has 0 aliphatic heterocycles. The Balaban J connectivity index is 0.000000146. The lowest BCUT2D eigenvalue weighted by molar-refractivity contribution is -0.645. The van der Waals surface area contributed by atoms with Gasteiger partial charge in [0.25, 0.3) is 0 Å². The third-order valence-corrected chi connectivity index (χ3v) is 1.72. The van der Waals surface area contributed by atoms with Crippen LogP contribution >= 0.6 is 12.6 Å². The SMILES string of the molecule is [O-][n+]1ccccc1S.c1ccncc1. The summed E-state index contributed by atoms with van der Waals surface area (Å²) in [5.41, 5.74) is 0. The summed E-state index contributed by atoms with van der Waals surface area (Å²) in [7, 11) is 0. The van der Waals surface area contributed by atoms with E-state index in [0.29, 0.717) is 9.76 Å². The van der Waals surface area contributed by atoms with Gasteiger partial charge >= 0.3 is 0 Å². The molecule has 0 amide bonds. The summed E-state index contributed by atoms with van der Waals surface area (Å²) < 4.78 is 0.698. The lowest BCUT2D eigenvalue weighted by Crippen LogP contribution is -2.26. The smallest absolute Gasteiger partial charge is 0.248 e. The first-order valence-electron chi connectivity index (χ1n) is 4.03. The number of hydrogen-bond acceptors (Lipinski definition) is 3. The Bertz CT molecular complexity index is 320. The Morgan fingerprint density at radius 2 is 1.79 bits per heavy atom. The molecule has 0 bridgehead atoms. The number of aromatic nitrogens is 2. The zero-order valence-corrected chi connectivity index (χ0v) is 8.34. The van der Waals surface area contributed by atoms with Crippen LogP contribution in [-0.4, -0.2) is 4.98 Å². The van der Waals surface area contributed by atoms with E-state index >= 15 is 0 Å². The van der Waals surface area contributed by atoms with Crippen LogP contribution in [0.4, 0.5) is 0 Å². The Hall–Kier alpha value is -1.55. The van der Waals surface area contributed by atoms with Crippen LogP contribution < -0.4 is 4.73 Å². The zero-order valence-electron chi connectivity index (χ0n) is 7.45. The minimum absolute atomic E-state index is 0.424. The number of hydrogen-bond donors (Lipinski definition) is 1. The first-order chi connectivity index (χ1) is 6.80. The molecule has 4 heteroatoms. The van der Waals surface area contributed by atoms with Gasteiger partial charge in [0.2, 0.25) is 5.03 Å². The van der Waals surface area contributed by atoms with Crippen molar-refractivity contribution in [2.45, 2.75) is 5.03 Å². The Kier molecular flexibility index (Phi) is 4.50. The molecule has 0 N–H and O–H groups in total. The van der Waals surface area contributed by atoms with E-state index in [0.717, 1.165) is 0 Å². The highest BCUT2D eigenvalue weighted by molar-refractivity contribution is 7.80. The fourth-order valence-corrected chi connectivity index (χ4v) is 0.885. The summed E-state index contributed by atoms with van der Waals surface area (Å²) in [6.07, 6.45) is 4.91. The van der Waals surface area contributed by atoms with Crippen molar-refractivity contribution in [1.82, 2.24) is 4.98 Å². The molecule has 0 saturated heterocycles. The van der Waals surface area contributed by atoms with E-state index in [9.17, 15) is 5.21 Å². The molecule has 0 atom stereocenters. The van der Waals surface area contributed by atoms with E-state index in [1.54, 1.807) is 30.6 Å². The van der Waals surface area contributed by atoms with E-state index < -0.39 is 0 Å². The molecule has 72 valence electrons. The third-order valence-electron chi connectivity index (χ3n) is 1.37. The summed E-state index contributed by atoms with van der Waals surface area (Å²) in [5.74, 6) is 0. The van der Waals surface area contributed by atoms with E-state index in [1.807, 2.05) is 18.2 Å². The van der Waals surface area contributed by atoms with Gasteiger partial charge in [-0.1, -0.05) is 18.7 Å². The second kappa shape index (κ2) is 5.99. The van der Waals surface area contributed by atoms with Gasteiger partial charge in [0.05, 0.1) is 0 Å². The lowest BCUT2D eigenvalue weighted by Gasteiger charge is -1.94. The molecule has 0 spiro atoms. The van der Waals surface area contributed by atoms with Crippen LogP contribution in [0, 0.1) is 5.21 Å². The molecule has 0 aliphatic carbocycles. The van der Waals surface area contributed by atoms with Gasteiger partial charge in [-0.25, -0.2) is 0 Å². The van der Waals surface area contributed by atoms with E-state index in [-0.39, 0.29) is 0 Å². The first-order valence-corrected chi connectivity index (χ1v) is 4.47. The normalized spacial score (nSPS) is 8.64. The molecule has 0 unspecified atom stereocenters. The van der Waals surface area contributed by atoms with Crippen molar-refractivity contribution in [3.05, 3.63) is 60.2 Å². The predicted octanol–water partition coefficient (Wildman–Crippen LogP) is 1.69. The molecule has 2 aromatic rings. The quantitative estimate of drug-likeness (QED) is 0.405. The number of thiol groups is 1. The standard InChI is InChI=1S/C5H5NOS.C5H5N/c7-6-4-2-1-3-5(6)8;1-2-4-6-5-3-1/h1-4,8H;1-5H. The highest BCUT2D eigenvalue weighted by Gasteiger charge is 1.90. The van der Waals surface area contributed by atoms with Crippen molar-refractivity contribution in [2.24, 2.45) is 0 Å². The topological polar surface area (TPSA) is 39.8 Å². The van der Waals surface area contributed by atoms with Crippen LogP contribution in [0.5, 0.6) is 0 Å². The van der Waals surface area contributed by atoms with Gasteiger partial charge in [0.1, 0.15) is 0 Å². The molecule has 0 saturated carbocycles. The fourth-order valence-electron chi connectivity index (χ4n) is 0.732. The van der Waals surface area contributed by atoms with Crippen molar-refractivity contribution in [3.8, 4) is 0 Å². The van der Waals surface area contributed by atoms with Gasteiger partial charge in [0, 0.05) is 24.5 Å². The van der Waals surface area contributed by atoms with Crippen LogP contribution in [0.3, 0.4) is 0 Å². The van der Waals surface area contributed by atoms with Crippen molar-refractivity contribution in [3.63, 3.8) is 0 Å². The number of nitrogens with zero attached hydrogens (tertiary/aromatic N) is 2. The largest absolute Gasteiger partial charge is 0.618 e. The fraction of sp³-hybridized carbons (Fsp3) is 0. The number of pyridine rings is 2. The van der Waals surface area contributed by atoms with E-state index in [2.05, 4.69) is 17.6 Å². The molecule has 0 aromatic carbocycles. The van der Waals surface area contributed by atoms with Crippen LogP contribution in [0.1, 0.15) is 0 Å². The maximum Gasteiger partial charge on any atom is 0.248 e. The van der Waals surface area contributed by atoms with Crippen molar-refractivity contribution >= 4 is 12.6 Å². The summed E-state index contributed by atoms with van der Waals surface area (Å²) in [4.78, 5) is 3.78. The molecule has 2 heterocycles. The second-order valence-corrected chi connectivity index (χ2v) is 2.87. The molecular weight excluding hydrogens is 196 g/mol. The van der Waals surface area contributed by atoms with E-state index in [1.165, 1.54) is 6.20 Å². The number of rotatable bonds is 0. The van der Waals surface area contributed by atoms with Crippen LogP contribution in [0.2, 0.25) is 0 Å². The predicted molar refractivity (Wildman–Crippen MR) is 56.9 cm³/mol. The maximum absolute atomic E-state index is 10.5. The summed E-state index contributed by atoms with van der Waals surface area (Å²) in [5, 5.41) is 10.9. The third kappa shape index (κ3) is 3.91. The molecule has 2 rings (SSSR count). The maximum atomic E-state index is 10.5. The van der Waals surface area contributed by atoms with Gasteiger partial charge in [-0.05, 0) is 18.2 Å². The van der Waals surface area contributed by atoms with Gasteiger partial charge in [0.15, 0.2) is 6.20 Å². The highest BCUT2D eigenvalue weighted by atomic mass is 32.1. The van der Waals surface area contributed by atoms with Crippen LogP contribution in [0.25, 0.3) is 0 Å². The van der Waals surface area contributed by atoms with Gasteiger partial charge in [-0.15, -0.1) is 0 Å².